The van der Waals surface area contributed by atoms with Gasteiger partial charge in [-0.05, 0) is 23.3 Å². The largest absolute Gasteiger partial charge is 0.497 e. The van der Waals surface area contributed by atoms with Gasteiger partial charge in [0.15, 0.2) is 0 Å². The van der Waals surface area contributed by atoms with Crippen molar-refractivity contribution in [2.24, 2.45) is 5.73 Å². The average Bonchev–Trinajstić information content (AvgIpc) is 3.13. The summed E-state index contributed by atoms with van der Waals surface area (Å²) < 4.78 is 10.2. The lowest BCUT2D eigenvalue weighted by atomic mass is 9.88. The van der Waals surface area contributed by atoms with E-state index in [1.807, 2.05) is 6.07 Å². The molecule has 1 aliphatic heterocycles. The molecule has 0 aliphatic carbocycles. The van der Waals surface area contributed by atoms with Crippen LogP contribution in [0.3, 0.4) is 0 Å². The van der Waals surface area contributed by atoms with Crippen molar-refractivity contribution in [3.8, 4) is 5.75 Å². The summed E-state index contributed by atoms with van der Waals surface area (Å²) in [5.74, 6) is -2.01. The number of imide groups is 1. The Hall–Kier alpha value is -3.39. The Labute approximate surface area is 167 Å². The quantitative estimate of drug-likeness (QED) is 0.734. The Balaban J connectivity index is 1.86. The molecule has 1 saturated heterocycles. The number of carbonyl (C=O) groups excluding carboxylic acids is 2. The molecular weight excluding hydrogens is 376 g/mol. The molecule has 3 N–H and O–H groups in total. The highest BCUT2D eigenvalue weighted by Gasteiger charge is 2.40. The average molecular weight is 398 g/mol. The number of carboxylic acids is 1. The molecule has 2 amide bonds. The van der Waals surface area contributed by atoms with Gasteiger partial charge < -0.3 is 20.3 Å². The molecule has 3 atom stereocenters. The van der Waals surface area contributed by atoms with E-state index in [0.717, 1.165) is 10.5 Å². The smallest absolute Gasteiger partial charge is 0.417 e. The Morgan fingerprint density at radius 2 is 1.86 bits per heavy atom. The van der Waals surface area contributed by atoms with Crippen molar-refractivity contribution in [2.45, 2.75) is 24.4 Å². The van der Waals surface area contributed by atoms with Crippen molar-refractivity contribution >= 4 is 18.0 Å². The molecule has 3 rings (SSSR count). The van der Waals surface area contributed by atoms with Crippen LogP contribution < -0.4 is 10.5 Å². The second-order valence-corrected chi connectivity index (χ2v) is 6.71. The van der Waals surface area contributed by atoms with Crippen LogP contribution in [0.2, 0.25) is 0 Å². The van der Waals surface area contributed by atoms with E-state index in [2.05, 4.69) is 0 Å². The number of methoxy groups -OCH3 is 1. The fraction of sp³-hybridized carbons (Fsp3) is 0.286. The third-order valence-electron chi connectivity index (χ3n) is 4.98. The number of ether oxygens (including phenoxy) is 2. The Morgan fingerprint density at radius 1 is 1.21 bits per heavy atom. The van der Waals surface area contributed by atoms with Crippen LogP contribution in [0.25, 0.3) is 0 Å². The normalized spacial score (nSPS) is 18.1. The predicted octanol–water partition coefficient (Wildman–Crippen LogP) is 2.30. The number of rotatable bonds is 7. The minimum Gasteiger partial charge on any atom is -0.497 e. The van der Waals surface area contributed by atoms with Gasteiger partial charge >= 0.3 is 12.1 Å². The number of aliphatic carboxylic acids is 1. The molecule has 152 valence electrons. The van der Waals surface area contributed by atoms with E-state index in [0.29, 0.717) is 11.3 Å². The molecule has 0 unspecified atom stereocenters. The first-order valence-corrected chi connectivity index (χ1v) is 9.08. The molecule has 1 heterocycles. The standard InChI is InChI=1S/C21H22N2O6/c1-28-15-9-7-13(8-10-15)16(19(22)20(25)26)11-18(24)23-17(12-29-21(23)27)14-5-3-2-4-6-14/h2-10,16-17,19H,11-12,22H2,1H3,(H,25,26)/t16-,17-,19+/m0/s1. The number of nitrogens with zero attached hydrogens (tertiary/aromatic N) is 1. The van der Waals surface area contributed by atoms with E-state index in [4.69, 9.17) is 15.2 Å². The predicted molar refractivity (Wildman–Crippen MR) is 103 cm³/mol. The van der Waals surface area contributed by atoms with E-state index in [9.17, 15) is 19.5 Å². The lowest BCUT2D eigenvalue weighted by Crippen LogP contribution is -2.41. The Morgan fingerprint density at radius 3 is 2.45 bits per heavy atom. The highest BCUT2D eigenvalue weighted by molar-refractivity contribution is 5.94. The van der Waals surface area contributed by atoms with Crippen molar-refractivity contribution < 1.29 is 29.0 Å². The summed E-state index contributed by atoms with van der Waals surface area (Å²) in [7, 11) is 1.52. The molecule has 1 aliphatic rings. The first-order valence-electron chi connectivity index (χ1n) is 9.08. The fourth-order valence-corrected chi connectivity index (χ4v) is 3.38. The van der Waals surface area contributed by atoms with Gasteiger partial charge in [0.05, 0.1) is 7.11 Å². The summed E-state index contributed by atoms with van der Waals surface area (Å²) in [5.41, 5.74) is 7.20. The maximum absolute atomic E-state index is 13.0. The van der Waals surface area contributed by atoms with Gasteiger partial charge in [-0.15, -0.1) is 0 Å². The Kier molecular flexibility index (Phi) is 6.13. The minimum absolute atomic E-state index is 0.0484. The van der Waals surface area contributed by atoms with E-state index >= 15 is 0 Å². The highest BCUT2D eigenvalue weighted by Crippen LogP contribution is 2.32. The zero-order valence-corrected chi connectivity index (χ0v) is 15.9. The summed E-state index contributed by atoms with van der Waals surface area (Å²) >= 11 is 0. The number of cyclic esters (lactones) is 1. The van der Waals surface area contributed by atoms with Crippen LogP contribution in [-0.2, 0) is 14.3 Å². The number of hydrogen-bond acceptors (Lipinski definition) is 6. The van der Waals surface area contributed by atoms with Crippen molar-refractivity contribution in [3.05, 3.63) is 65.7 Å². The zero-order chi connectivity index (χ0) is 21.0. The van der Waals surface area contributed by atoms with Crippen LogP contribution in [-0.4, -0.2) is 47.7 Å². The molecule has 2 aromatic carbocycles. The number of carboxylic acid groups (broad SMARTS) is 1. The van der Waals surface area contributed by atoms with Crippen molar-refractivity contribution in [3.63, 3.8) is 0 Å². The van der Waals surface area contributed by atoms with Gasteiger partial charge in [-0.1, -0.05) is 42.5 Å². The van der Waals surface area contributed by atoms with Gasteiger partial charge in [0.1, 0.15) is 24.4 Å². The molecule has 1 fully saturated rings. The summed E-state index contributed by atoms with van der Waals surface area (Å²) in [6, 6.07) is 13.8. The van der Waals surface area contributed by atoms with Crippen molar-refractivity contribution in [2.75, 3.05) is 13.7 Å². The van der Waals surface area contributed by atoms with Gasteiger partial charge in [-0.2, -0.15) is 0 Å². The summed E-state index contributed by atoms with van der Waals surface area (Å²) in [6.45, 7) is 0.0484. The first-order chi connectivity index (χ1) is 13.9. The molecular formula is C21H22N2O6. The second-order valence-electron chi connectivity index (χ2n) is 6.71. The molecule has 0 radical (unpaired) electrons. The van der Waals surface area contributed by atoms with Crippen LogP contribution in [0.15, 0.2) is 54.6 Å². The van der Waals surface area contributed by atoms with Gasteiger partial charge in [-0.25, -0.2) is 9.69 Å². The molecule has 2 aromatic rings. The van der Waals surface area contributed by atoms with Crippen LogP contribution in [0.1, 0.15) is 29.5 Å². The van der Waals surface area contributed by atoms with Gasteiger partial charge in [0, 0.05) is 12.3 Å². The van der Waals surface area contributed by atoms with Gasteiger partial charge in [0.25, 0.3) is 0 Å². The van der Waals surface area contributed by atoms with Gasteiger partial charge in [-0.3, -0.25) is 9.59 Å². The highest BCUT2D eigenvalue weighted by atomic mass is 16.6. The number of amides is 2. The monoisotopic (exact) mass is 398 g/mol. The zero-order valence-electron chi connectivity index (χ0n) is 15.9. The second kappa shape index (κ2) is 8.74. The van der Waals surface area contributed by atoms with Gasteiger partial charge in [0.2, 0.25) is 5.91 Å². The molecule has 0 saturated carbocycles. The van der Waals surface area contributed by atoms with Crippen LogP contribution in [0.4, 0.5) is 4.79 Å². The summed E-state index contributed by atoms with van der Waals surface area (Å²) in [5, 5.41) is 9.41. The van der Waals surface area contributed by atoms with Crippen LogP contribution in [0, 0.1) is 0 Å². The number of hydrogen-bond donors (Lipinski definition) is 2. The van der Waals surface area contributed by atoms with Crippen molar-refractivity contribution in [1.29, 1.82) is 0 Å². The molecule has 8 nitrogen and oxygen atoms in total. The number of carbonyl (C=O) groups is 3. The molecule has 0 aromatic heterocycles. The summed E-state index contributed by atoms with van der Waals surface area (Å²) in [6.07, 6.45) is -1.00. The van der Waals surface area contributed by atoms with E-state index < -0.39 is 36.0 Å². The molecule has 29 heavy (non-hydrogen) atoms. The Bertz CT molecular complexity index is 884. The van der Waals surface area contributed by atoms with E-state index in [-0.39, 0.29) is 13.0 Å². The van der Waals surface area contributed by atoms with Crippen molar-refractivity contribution in [1.82, 2.24) is 4.90 Å². The SMILES string of the molecule is COc1ccc([C@H](CC(=O)N2C(=O)OC[C@H]2c2ccccc2)[C@@H](N)C(=O)O)cc1. The van der Waals surface area contributed by atoms with E-state index in [1.54, 1.807) is 48.5 Å². The first kappa shape index (κ1) is 20.3. The number of nitrogens with two attached hydrogens (primary N) is 1. The molecule has 0 bridgehead atoms. The lowest BCUT2D eigenvalue weighted by molar-refractivity contribution is -0.139. The molecule has 8 heteroatoms. The number of benzene rings is 2. The third-order valence-corrected chi connectivity index (χ3v) is 4.98. The minimum atomic E-state index is -1.32. The molecule has 0 spiro atoms. The topological polar surface area (TPSA) is 119 Å². The lowest BCUT2D eigenvalue weighted by Gasteiger charge is -2.25. The maximum Gasteiger partial charge on any atom is 0.417 e. The van der Waals surface area contributed by atoms with E-state index in [1.165, 1.54) is 7.11 Å². The summed E-state index contributed by atoms with van der Waals surface area (Å²) in [4.78, 5) is 37.8. The fourth-order valence-electron chi connectivity index (χ4n) is 3.38. The van der Waals surface area contributed by atoms with Crippen LogP contribution >= 0.6 is 0 Å². The third kappa shape index (κ3) is 4.38. The maximum atomic E-state index is 13.0. The van der Waals surface area contributed by atoms with Crippen LogP contribution in [0.5, 0.6) is 5.75 Å².